The van der Waals surface area contributed by atoms with Crippen molar-refractivity contribution >= 4 is 33.3 Å². The molecule has 2 saturated heterocycles. The number of rotatable bonds is 3. The zero-order valence-electron chi connectivity index (χ0n) is 13.9. The van der Waals surface area contributed by atoms with Gasteiger partial charge in [0.25, 0.3) is 0 Å². The highest BCUT2D eigenvalue weighted by atomic mass is 32.2. The Kier molecular flexibility index (Phi) is 5.08. The standard InChI is InChI=1S/C16H23N3O3S2/c1-3-18-7-8-19(15-11-24(21,22)10-14(15)18)16(20)17-12-5-4-6-13(9-12)23-2/h4-6,9,14-15H,3,7-8,10-11H2,1-2H3,(H,17,20)/t14-,15+/m0/s1. The van der Waals surface area contributed by atoms with E-state index >= 15 is 0 Å². The number of hydrogen-bond acceptors (Lipinski definition) is 5. The zero-order chi connectivity index (χ0) is 17.3. The maximum absolute atomic E-state index is 12.7. The molecule has 0 aliphatic carbocycles. The molecule has 1 aromatic carbocycles. The predicted octanol–water partition coefficient (Wildman–Crippen LogP) is 1.74. The minimum absolute atomic E-state index is 0.0619. The minimum atomic E-state index is -3.09. The van der Waals surface area contributed by atoms with Gasteiger partial charge in [-0.3, -0.25) is 4.90 Å². The summed E-state index contributed by atoms with van der Waals surface area (Å²) in [5.41, 5.74) is 0.738. The van der Waals surface area contributed by atoms with Crippen LogP contribution in [0.25, 0.3) is 0 Å². The average molecular weight is 370 g/mol. The van der Waals surface area contributed by atoms with E-state index in [0.717, 1.165) is 17.1 Å². The summed E-state index contributed by atoms with van der Waals surface area (Å²) in [6, 6.07) is 7.11. The summed E-state index contributed by atoms with van der Waals surface area (Å²) < 4.78 is 24.2. The summed E-state index contributed by atoms with van der Waals surface area (Å²) in [5.74, 6) is 0.212. The monoisotopic (exact) mass is 369 g/mol. The van der Waals surface area contributed by atoms with Crippen LogP contribution < -0.4 is 5.32 Å². The maximum Gasteiger partial charge on any atom is 0.322 e. The van der Waals surface area contributed by atoms with Crippen LogP contribution in [0.3, 0.4) is 0 Å². The number of carbonyl (C=O) groups excluding carboxylic acids is 1. The second kappa shape index (κ2) is 6.93. The average Bonchev–Trinajstić information content (AvgIpc) is 2.88. The Morgan fingerprint density at radius 2 is 2.04 bits per heavy atom. The Labute approximate surface area is 147 Å². The highest BCUT2D eigenvalue weighted by Crippen LogP contribution is 2.27. The van der Waals surface area contributed by atoms with E-state index in [1.165, 1.54) is 0 Å². The smallest absolute Gasteiger partial charge is 0.318 e. The van der Waals surface area contributed by atoms with Gasteiger partial charge < -0.3 is 10.2 Å². The lowest BCUT2D eigenvalue weighted by Gasteiger charge is -2.43. The van der Waals surface area contributed by atoms with Gasteiger partial charge in [0.05, 0.1) is 17.5 Å². The number of hydrogen-bond donors (Lipinski definition) is 1. The first kappa shape index (κ1) is 17.6. The second-order valence-corrected chi connectivity index (χ2v) is 9.23. The van der Waals surface area contributed by atoms with Crippen LogP contribution in [0.4, 0.5) is 10.5 Å². The molecule has 2 heterocycles. The third kappa shape index (κ3) is 3.55. The van der Waals surface area contributed by atoms with Crippen molar-refractivity contribution in [1.29, 1.82) is 0 Å². The molecule has 0 radical (unpaired) electrons. The van der Waals surface area contributed by atoms with E-state index in [1.54, 1.807) is 16.7 Å². The fourth-order valence-corrected chi connectivity index (χ4v) is 6.04. The van der Waals surface area contributed by atoms with Gasteiger partial charge in [0, 0.05) is 29.7 Å². The fourth-order valence-electron chi connectivity index (χ4n) is 3.57. The molecule has 0 spiro atoms. The van der Waals surface area contributed by atoms with Crippen LogP contribution in [0.5, 0.6) is 0 Å². The van der Waals surface area contributed by atoms with E-state index < -0.39 is 9.84 Å². The number of piperazine rings is 1. The lowest BCUT2D eigenvalue weighted by molar-refractivity contribution is 0.0744. The molecule has 0 unspecified atom stereocenters. The molecule has 8 heteroatoms. The van der Waals surface area contributed by atoms with E-state index in [4.69, 9.17) is 0 Å². The highest BCUT2D eigenvalue weighted by molar-refractivity contribution is 7.98. The molecule has 2 amide bonds. The van der Waals surface area contributed by atoms with Gasteiger partial charge in [-0.1, -0.05) is 13.0 Å². The van der Waals surface area contributed by atoms with E-state index in [-0.39, 0.29) is 29.6 Å². The van der Waals surface area contributed by atoms with Gasteiger partial charge in [0.2, 0.25) is 0 Å². The molecule has 24 heavy (non-hydrogen) atoms. The molecule has 0 saturated carbocycles. The van der Waals surface area contributed by atoms with Crippen molar-refractivity contribution in [1.82, 2.24) is 9.80 Å². The lowest BCUT2D eigenvalue weighted by Crippen LogP contribution is -2.61. The van der Waals surface area contributed by atoms with Gasteiger partial charge in [0.1, 0.15) is 0 Å². The number of urea groups is 1. The van der Waals surface area contributed by atoms with Crippen molar-refractivity contribution in [2.24, 2.45) is 0 Å². The largest absolute Gasteiger partial charge is 0.322 e. The van der Waals surface area contributed by atoms with Gasteiger partial charge in [-0.15, -0.1) is 11.8 Å². The SMILES string of the molecule is CCN1CCN(C(=O)Nc2cccc(SC)c2)[C@@H]2CS(=O)(=O)C[C@@H]21. The summed E-state index contributed by atoms with van der Waals surface area (Å²) in [6.45, 7) is 4.11. The predicted molar refractivity (Wildman–Crippen MR) is 97.4 cm³/mol. The molecule has 132 valence electrons. The number of carbonyl (C=O) groups is 1. The number of fused-ring (bicyclic) bond motifs is 1. The lowest BCUT2D eigenvalue weighted by atomic mass is 10.1. The summed E-state index contributed by atoms with van der Waals surface area (Å²) >= 11 is 1.61. The van der Waals surface area contributed by atoms with Crippen LogP contribution in [0.1, 0.15) is 6.92 Å². The van der Waals surface area contributed by atoms with Crippen LogP contribution >= 0.6 is 11.8 Å². The number of nitrogens with one attached hydrogen (secondary N) is 1. The molecule has 1 N–H and O–H groups in total. The molecule has 2 aliphatic rings. The molecule has 2 fully saturated rings. The number of amides is 2. The Bertz CT molecular complexity index is 723. The molecule has 0 bridgehead atoms. The van der Waals surface area contributed by atoms with Crippen LogP contribution in [0, 0.1) is 0 Å². The van der Waals surface area contributed by atoms with Crippen molar-refractivity contribution in [2.45, 2.75) is 23.9 Å². The molecule has 2 aliphatic heterocycles. The topological polar surface area (TPSA) is 69.7 Å². The van der Waals surface area contributed by atoms with Crippen LogP contribution in [0.15, 0.2) is 29.2 Å². The maximum atomic E-state index is 12.7. The Morgan fingerprint density at radius 1 is 1.29 bits per heavy atom. The fraction of sp³-hybridized carbons (Fsp3) is 0.562. The van der Waals surface area contributed by atoms with Crippen LogP contribution in [-0.4, -0.2) is 73.7 Å². The number of likely N-dealkylation sites (N-methyl/N-ethyl adjacent to an activating group) is 1. The van der Waals surface area contributed by atoms with E-state index in [1.807, 2.05) is 37.4 Å². The zero-order valence-corrected chi connectivity index (χ0v) is 15.6. The van der Waals surface area contributed by atoms with E-state index in [0.29, 0.717) is 13.1 Å². The number of sulfone groups is 1. The summed E-state index contributed by atoms with van der Waals surface area (Å²) in [6.07, 6.45) is 1.99. The van der Waals surface area contributed by atoms with Gasteiger partial charge in [-0.2, -0.15) is 0 Å². The molecule has 1 aromatic rings. The first-order chi connectivity index (χ1) is 11.4. The van der Waals surface area contributed by atoms with E-state index in [9.17, 15) is 13.2 Å². The molecule has 0 aromatic heterocycles. The van der Waals surface area contributed by atoms with Gasteiger partial charge >= 0.3 is 6.03 Å². The van der Waals surface area contributed by atoms with Gasteiger partial charge in [0.15, 0.2) is 9.84 Å². The Hall–Kier alpha value is -1.25. The van der Waals surface area contributed by atoms with Crippen molar-refractivity contribution in [3.05, 3.63) is 24.3 Å². The van der Waals surface area contributed by atoms with Gasteiger partial charge in [-0.25, -0.2) is 13.2 Å². The molecular formula is C16H23N3O3S2. The van der Waals surface area contributed by atoms with Crippen LogP contribution in [0.2, 0.25) is 0 Å². The van der Waals surface area contributed by atoms with Crippen molar-refractivity contribution in [2.75, 3.05) is 42.7 Å². The number of anilines is 1. The van der Waals surface area contributed by atoms with Crippen molar-refractivity contribution in [3.63, 3.8) is 0 Å². The number of benzene rings is 1. The summed E-state index contributed by atoms with van der Waals surface area (Å²) in [5, 5.41) is 2.92. The number of thioether (sulfide) groups is 1. The molecular weight excluding hydrogens is 346 g/mol. The first-order valence-electron chi connectivity index (χ1n) is 8.09. The summed E-state index contributed by atoms with van der Waals surface area (Å²) in [7, 11) is -3.09. The third-order valence-corrected chi connectivity index (χ3v) is 7.20. The van der Waals surface area contributed by atoms with Gasteiger partial charge in [-0.05, 0) is 31.0 Å². The molecule has 3 rings (SSSR count). The quantitative estimate of drug-likeness (QED) is 0.822. The first-order valence-corrected chi connectivity index (χ1v) is 11.1. The normalized spacial score (nSPS) is 26.2. The summed E-state index contributed by atoms with van der Waals surface area (Å²) in [4.78, 5) is 17.7. The Morgan fingerprint density at radius 3 is 2.75 bits per heavy atom. The third-order valence-electron chi connectivity index (χ3n) is 4.78. The molecule has 6 nitrogen and oxygen atoms in total. The second-order valence-electron chi connectivity index (χ2n) is 6.20. The van der Waals surface area contributed by atoms with E-state index in [2.05, 4.69) is 10.2 Å². The highest BCUT2D eigenvalue weighted by Gasteiger charge is 2.47. The van der Waals surface area contributed by atoms with Crippen molar-refractivity contribution < 1.29 is 13.2 Å². The van der Waals surface area contributed by atoms with Crippen LogP contribution in [-0.2, 0) is 9.84 Å². The molecule has 2 atom stereocenters. The van der Waals surface area contributed by atoms with Crippen molar-refractivity contribution in [3.8, 4) is 0 Å². The minimum Gasteiger partial charge on any atom is -0.318 e. The number of nitrogens with zero attached hydrogens (tertiary/aromatic N) is 2. The Balaban J connectivity index is 1.77.